The molecule has 2 aliphatic rings. The van der Waals surface area contributed by atoms with Crippen LogP contribution < -0.4 is 15.4 Å². The molecule has 2 aromatic carbocycles. The Balaban J connectivity index is 1.81. The largest absolute Gasteiger partial charge is 0.497 e. The molecule has 1 spiro atoms. The summed E-state index contributed by atoms with van der Waals surface area (Å²) >= 11 is 0. The van der Waals surface area contributed by atoms with Gasteiger partial charge in [-0.05, 0) is 48.2 Å². The molecule has 0 saturated heterocycles. The van der Waals surface area contributed by atoms with Crippen LogP contribution in [0, 0.1) is 11.3 Å². The Morgan fingerprint density at radius 2 is 1.92 bits per heavy atom. The third kappa shape index (κ3) is 2.33. The van der Waals surface area contributed by atoms with Gasteiger partial charge in [0.2, 0.25) is 5.91 Å². The molecule has 1 amide bonds. The molecule has 26 heavy (non-hydrogen) atoms. The van der Waals surface area contributed by atoms with Gasteiger partial charge in [-0.15, -0.1) is 0 Å². The third-order valence-electron chi connectivity index (χ3n) is 5.65. The molecule has 1 fully saturated rings. The van der Waals surface area contributed by atoms with Crippen molar-refractivity contribution in [1.82, 2.24) is 0 Å². The van der Waals surface area contributed by atoms with E-state index in [1.54, 1.807) is 18.1 Å². The van der Waals surface area contributed by atoms with Gasteiger partial charge in [0.15, 0.2) is 0 Å². The summed E-state index contributed by atoms with van der Waals surface area (Å²) in [6, 6.07) is 13.5. The monoisotopic (exact) mass is 347 g/mol. The maximum absolute atomic E-state index is 13.4. The molecule has 132 valence electrons. The zero-order chi connectivity index (χ0) is 18.3. The lowest BCUT2D eigenvalue weighted by Crippen LogP contribution is -2.38. The second-order valence-corrected chi connectivity index (χ2v) is 7.11. The highest BCUT2D eigenvalue weighted by Crippen LogP contribution is 2.53. The molecule has 5 nitrogen and oxygen atoms in total. The van der Waals surface area contributed by atoms with E-state index in [0.717, 1.165) is 48.2 Å². The maximum atomic E-state index is 13.4. The standard InChI is InChI=1S/C21H21N3O2/c1-26-17-6-4-14(5-7-17)13-24-19-15(12-22)10-16(23)11-18(19)21(20(24)25)8-2-3-9-21/h4-7,10-11H,2-3,8-9,13,23H2,1H3. The molecular weight excluding hydrogens is 326 g/mol. The number of nitriles is 1. The Morgan fingerprint density at radius 3 is 2.54 bits per heavy atom. The van der Waals surface area contributed by atoms with E-state index < -0.39 is 5.41 Å². The van der Waals surface area contributed by atoms with Crippen LogP contribution in [0.25, 0.3) is 0 Å². The minimum atomic E-state index is -0.511. The number of nitrogen functional groups attached to an aromatic ring is 1. The molecule has 0 atom stereocenters. The van der Waals surface area contributed by atoms with Crippen LogP contribution in [-0.4, -0.2) is 13.0 Å². The lowest BCUT2D eigenvalue weighted by Gasteiger charge is -2.23. The second-order valence-electron chi connectivity index (χ2n) is 7.11. The highest BCUT2D eigenvalue weighted by molar-refractivity contribution is 6.09. The Kier molecular flexibility index (Phi) is 3.84. The quantitative estimate of drug-likeness (QED) is 0.862. The number of nitrogens with two attached hydrogens (primary N) is 1. The van der Waals surface area contributed by atoms with Gasteiger partial charge in [0.1, 0.15) is 11.8 Å². The minimum Gasteiger partial charge on any atom is -0.497 e. The maximum Gasteiger partial charge on any atom is 0.238 e. The van der Waals surface area contributed by atoms with Gasteiger partial charge in [-0.3, -0.25) is 4.79 Å². The van der Waals surface area contributed by atoms with Gasteiger partial charge in [-0.2, -0.15) is 5.26 Å². The van der Waals surface area contributed by atoms with Crippen LogP contribution in [0.2, 0.25) is 0 Å². The number of anilines is 2. The number of methoxy groups -OCH3 is 1. The Labute approximate surface area is 153 Å². The number of rotatable bonds is 3. The molecule has 0 aromatic heterocycles. The first-order valence-electron chi connectivity index (χ1n) is 8.88. The van der Waals surface area contributed by atoms with Gasteiger partial charge >= 0.3 is 0 Å². The van der Waals surface area contributed by atoms with Gasteiger partial charge in [0.05, 0.1) is 30.3 Å². The molecule has 2 aromatic rings. The number of nitrogens with zero attached hydrogens (tertiary/aromatic N) is 2. The summed E-state index contributed by atoms with van der Waals surface area (Å²) < 4.78 is 5.20. The van der Waals surface area contributed by atoms with E-state index in [0.29, 0.717) is 17.8 Å². The van der Waals surface area contributed by atoms with E-state index in [2.05, 4.69) is 6.07 Å². The van der Waals surface area contributed by atoms with Crippen molar-refractivity contribution in [3.05, 3.63) is 53.1 Å². The van der Waals surface area contributed by atoms with Crippen LogP contribution in [-0.2, 0) is 16.8 Å². The fourth-order valence-corrected chi connectivity index (χ4v) is 4.40. The third-order valence-corrected chi connectivity index (χ3v) is 5.65. The molecule has 2 N–H and O–H groups in total. The number of hydrogen-bond acceptors (Lipinski definition) is 4. The van der Waals surface area contributed by atoms with E-state index in [4.69, 9.17) is 10.5 Å². The van der Waals surface area contributed by atoms with Crippen molar-refractivity contribution in [3.63, 3.8) is 0 Å². The summed E-state index contributed by atoms with van der Waals surface area (Å²) in [6.07, 6.45) is 3.70. The smallest absolute Gasteiger partial charge is 0.238 e. The van der Waals surface area contributed by atoms with E-state index >= 15 is 0 Å². The van der Waals surface area contributed by atoms with Gasteiger partial charge in [-0.25, -0.2) is 0 Å². The first-order valence-corrected chi connectivity index (χ1v) is 8.88. The molecule has 0 bridgehead atoms. The topological polar surface area (TPSA) is 79.3 Å². The summed E-state index contributed by atoms with van der Waals surface area (Å²) in [7, 11) is 1.63. The van der Waals surface area contributed by atoms with Crippen LogP contribution in [0.4, 0.5) is 11.4 Å². The van der Waals surface area contributed by atoms with Crippen molar-refractivity contribution in [1.29, 1.82) is 5.26 Å². The summed E-state index contributed by atoms with van der Waals surface area (Å²) in [5.41, 5.74) is 9.23. The molecule has 1 saturated carbocycles. The molecule has 5 heteroatoms. The van der Waals surface area contributed by atoms with Crippen LogP contribution in [0.5, 0.6) is 5.75 Å². The normalized spacial score (nSPS) is 17.4. The second kappa shape index (κ2) is 6.06. The van der Waals surface area contributed by atoms with E-state index in [1.165, 1.54) is 0 Å². The first-order chi connectivity index (χ1) is 12.6. The molecule has 4 rings (SSSR count). The van der Waals surface area contributed by atoms with Crippen molar-refractivity contribution in [2.75, 3.05) is 17.7 Å². The molecule has 1 heterocycles. The zero-order valence-corrected chi connectivity index (χ0v) is 14.8. The zero-order valence-electron chi connectivity index (χ0n) is 14.8. The highest BCUT2D eigenvalue weighted by atomic mass is 16.5. The van der Waals surface area contributed by atoms with Crippen LogP contribution >= 0.6 is 0 Å². The Morgan fingerprint density at radius 1 is 1.23 bits per heavy atom. The number of hydrogen-bond donors (Lipinski definition) is 1. The Hall–Kier alpha value is -3.00. The van der Waals surface area contributed by atoms with Crippen LogP contribution in [0.3, 0.4) is 0 Å². The van der Waals surface area contributed by atoms with E-state index in [-0.39, 0.29) is 5.91 Å². The van der Waals surface area contributed by atoms with Crippen molar-refractivity contribution in [2.45, 2.75) is 37.6 Å². The van der Waals surface area contributed by atoms with Crippen molar-refractivity contribution < 1.29 is 9.53 Å². The molecule has 1 aliphatic heterocycles. The summed E-state index contributed by atoms with van der Waals surface area (Å²) in [4.78, 5) is 15.2. The van der Waals surface area contributed by atoms with E-state index in [9.17, 15) is 10.1 Å². The fourth-order valence-electron chi connectivity index (χ4n) is 4.40. The lowest BCUT2D eigenvalue weighted by molar-refractivity contribution is -0.123. The number of fused-ring (bicyclic) bond motifs is 2. The summed E-state index contributed by atoms with van der Waals surface area (Å²) in [6.45, 7) is 0.441. The van der Waals surface area contributed by atoms with Gasteiger partial charge in [-0.1, -0.05) is 25.0 Å². The molecule has 0 radical (unpaired) electrons. The first kappa shape index (κ1) is 16.5. The van der Waals surface area contributed by atoms with E-state index in [1.807, 2.05) is 30.3 Å². The number of carbonyl (C=O) groups excluding carboxylic acids is 1. The van der Waals surface area contributed by atoms with Crippen molar-refractivity contribution >= 4 is 17.3 Å². The molecular formula is C21H21N3O2. The minimum absolute atomic E-state index is 0.0999. The molecule has 1 aliphatic carbocycles. The van der Waals surface area contributed by atoms with Crippen LogP contribution in [0.1, 0.15) is 42.4 Å². The SMILES string of the molecule is COc1ccc(CN2C(=O)C3(CCCC3)c3cc(N)cc(C#N)c32)cc1. The number of carbonyl (C=O) groups is 1. The fraction of sp³-hybridized carbons (Fsp3) is 0.333. The van der Waals surface area contributed by atoms with Crippen molar-refractivity contribution in [2.24, 2.45) is 0 Å². The highest BCUT2D eigenvalue weighted by Gasteiger charge is 2.53. The average molecular weight is 347 g/mol. The van der Waals surface area contributed by atoms with Crippen LogP contribution in [0.15, 0.2) is 36.4 Å². The van der Waals surface area contributed by atoms with Gasteiger partial charge in [0, 0.05) is 5.69 Å². The number of ether oxygens (including phenoxy) is 1. The van der Waals surface area contributed by atoms with Gasteiger partial charge < -0.3 is 15.4 Å². The van der Waals surface area contributed by atoms with Gasteiger partial charge in [0.25, 0.3) is 0 Å². The molecule has 0 unspecified atom stereocenters. The van der Waals surface area contributed by atoms with Crippen molar-refractivity contribution in [3.8, 4) is 11.8 Å². The number of benzene rings is 2. The lowest BCUT2D eigenvalue weighted by atomic mass is 9.79. The number of amides is 1. The predicted molar refractivity (Wildman–Crippen MR) is 99.9 cm³/mol. The average Bonchev–Trinajstić information content (AvgIpc) is 3.23. The predicted octanol–water partition coefficient (Wildman–Crippen LogP) is 3.51. The summed E-state index contributed by atoms with van der Waals surface area (Å²) in [5.74, 6) is 0.877. The summed E-state index contributed by atoms with van der Waals surface area (Å²) in [5, 5.41) is 9.64. The Bertz CT molecular complexity index is 906.